The average Bonchev–Trinajstić information content (AvgIpc) is 3.23. The summed E-state index contributed by atoms with van der Waals surface area (Å²) >= 11 is 8.20. The summed E-state index contributed by atoms with van der Waals surface area (Å²) in [6.07, 6.45) is -0.00909. The van der Waals surface area contributed by atoms with Crippen molar-refractivity contribution in [2.24, 2.45) is 0 Å². The molecule has 0 fully saturated rings. The summed E-state index contributed by atoms with van der Waals surface area (Å²) in [6.45, 7) is 11.0. The average molecular weight is 551 g/mol. The van der Waals surface area contributed by atoms with Crippen molar-refractivity contribution >= 4 is 41.0 Å². The van der Waals surface area contributed by atoms with E-state index < -0.39 is 47.9 Å². The SMILES string of the molecule is CC(C)(C)OC(=O)NC(COC(=O)[C@H](c1ccccc1Cl)N1CCc2sccc2C1)C(=O)OC(C)(C)C. The Morgan fingerprint density at radius 2 is 1.70 bits per heavy atom. The van der Waals surface area contributed by atoms with Gasteiger partial charge in [0.25, 0.3) is 0 Å². The summed E-state index contributed by atoms with van der Waals surface area (Å²) in [5, 5.41) is 4.97. The molecule has 2 atom stereocenters. The molecule has 1 amide bonds. The zero-order chi connectivity index (χ0) is 27.4. The highest BCUT2D eigenvalue weighted by molar-refractivity contribution is 7.10. The Morgan fingerprint density at radius 3 is 2.35 bits per heavy atom. The van der Waals surface area contributed by atoms with Crippen LogP contribution in [0.1, 0.15) is 63.6 Å². The topological polar surface area (TPSA) is 94.2 Å². The van der Waals surface area contributed by atoms with Crippen molar-refractivity contribution in [1.29, 1.82) is 0 Å². The molecule has 2 aromatic rings. The molecule has 1 aliphatic heterocycles. The first-order valence-corrected chi connectivity index (χ1v) is 13.4. The standard InChI is InChI=1S/C27H35ClN2O6S/c1-26(2,3)35-23(31)20(29-25(33)36-27(4,5)6)16-34-24(32)22(18-9-7-8-10-19(18)28)30-13-11-21-17(15-30)12-14-37-21/h7-10,12,14,20,22H,11,13,15-16H2,1-6H3,(H,29,33)/t20?,22-/m0/s1. The number of nitrogens with one attached hydrogen (secondary N) is 1. The fourth-order valence-corrected chi connectivity index (χ4v) is 5.02. The number of thiophene rings is 1. The molecule has 37 heavy (non-hydrogen) atoms. The molecule has 0 saturated heterocycles. The van der Waals surface area contributed by atoms with Gasteiger partial charge in [-0.1, -0.05) is 29.8 Å². The van der Waals surface area contributed by atoms with E-state index in [9.17, 15) is 14.4 Å². The molecule has 10 heteroatoms. The fourth-order valence-electron chi connectivity index (χ4n) is 3.90. The molecule has 0 spiro atoms. The Hall–Kier alpha value is -2.62. The highest BCUT2D eigenvalue weighted by atomic mass is 35.5. The van der Waals surface area contributed by atoms with Crippen LogP contribution in [-0.2, 0) is 36.8 Å². The second-order valence-corrected chi connectivity index (χ2v) is 12.3. The molecule has 1 N–H and O–H groups in total. The van der Waals surface area contributed by atoms with Crippen molar-refractivity contribution in [3.8, 4) is 0 Å². The highest BCUT2D eigenvalue weighted by Crippen LogP contribution is 2.34. The third-order valence-electron chi connectivity index (χ3n) is 5.40. The Labute approximate surface area is 227 Å². The Kier molecular flexibility index (Phi) is 9.26. The fraction of sp³-hybridized carbons (Fsp3) is 0.519. The molecule has 1 unspecified atom stereocenters. The number of amides is 1. The molecule has 0 radical (unpaired) electrons. The van der Waals surface area contributed by atoms with E-state index >= 15 is 0 Å². The van der Waals surface area contributed by atoms with Crippen molar-refractivity contribution in [3.05, 3.63) is 56.7 Å². The zero-order valence-corrected chi connectivity index (χ0v) is 23.7. The molecule has 3 rings (SSSR count). The van der Waals surface area contributed by atoms with Gasteiger partial charge >= 0.3 is 18.0 Å². The molecular weight excluding hydrogens is 516 g/mol. The number of fused-ring (bicyclic) bond motifs is 1. The normalized spacial score (nSPS) is 15.8. The van der Waals surface area contributed by atoms with E-state index in [1.54, 1.807) is 71.1 Å². The quantitative estimate of drug-likeness (QED) is 0.370. The van der Waals surface area contributed by atoms with Crippen LogP contribution in [0.25, 0.3) is 0 Å². The van der Waals surface area contributed by atoms with Gasteiger partial charge in [0.05, 0.1) is 0 Å². The number of halogens is 1. The number of carbonyl (C=O) groups excluding carboxylic acids is 3. The van der Waals surface area contributed by atoms with E-state index in [2.05, 4.69) is 11.4 Å². The lowest BCUT2D eigenvalue weighted by Crippen LogP contribution is -2.49. The Bertz CT molecular complexity index is 1120. The van der Waals surface area contributed by atoms with Crippen LogP contribution >= 0.6 is 22.9 Å². The number of rotatable bonds is 7. The highest BCUT2D eigenvalue weighted by Gasteiger charge is 2.35. The largest absolute Gasteiger partial charge is 0.461 e. The maximum Gasteiger partial charge on any atom is 0.408 e. The van der Waals surface area contributed by atoms with Crippen LogP contribution in [0.2, 0.25) is 5.02 Å². The predicted molar refractivity (Wildman–Crippen MR) is 143 cm³/mol. The Balaban J connectivity index is 1.80. The van der Waals surface area contributed by atoms with Crippen LogP contribution < -0.4 is 5.32 Å². The van der Waals surface area contributed by atoms with Crippen LogP contribution in [-0.4, -0.2) is 53.3 Å². The van der Waals surface area contributed by atoms with Gasteiger partial charge in [-0.3, -0.25) is 4.90 Å². The number of hydrogen-bond donors (Lipinski definition) is 1. The molecule has 0 bridgehead atoms. The lowest BCUT2D eigenvalue weighted by Gasteiger charge is -2.34. The van der Waals surface area contributed by atoms with Gasteiger partial charge in [0, 0.05) is 23.0 Å². The molecule has 1 aromatic carbocycles. The van der Waals surface area contributed by atoms with Gasteiger partial charge in [-0.05, 0) is 76.6 Å². The minimum absolute atomic E-state index is 0.425. The van der Waals surface area contributed by atoms with Gasteiger partial charge in [0.1, 0.15) is 23.9 Å². The monoisotopic (exact) mass is 550 g/mol. The molecule has 202 valence electrons. The van der Waals surface area contributed by atoms with Gasteiger partial charge in [-0.2, -0.15) is 0 Å². The first-order valence-electron chi connectivity index (χ1n) is 12.2. The van der Waals surface area contributed by atoms with Crippen LogP contribution in [0.3, 0.4) is 0 Å². The Morgan fingerprint density at radius 1 is 1.03 bits per heavy atom. The first kappa shape index (κ1) is 28.9. The minimum Gasteiger partial charge on any atom is -0.461 e. The van der Waals surface area contributed by atoms with Crippen LogP contribution in [0.15, 0.2) is 35.7 Å². The van der Waals surface area contributed by atoms with E-state index in [0.717, 1.165) is 6.42 Å². The summed E-state index contributed by atoms with van der Waals surface area (Å²) in [4.78, 5) is 42.2. The molecule has 0 aliphatic carbocycles. The van der Waals surface area contributed by atoms with Crippen molar-refractivity contribution in [3.63, 3.8) is 0 Å². The van der Waals surface area contributed by atoms with Gasteiger partial charge in [0.15, 0.2) is 6.04 Å². The molecule has 1 aliphatic rings. The van der Waals surface area contributed by atoms with Gasteiger partial charge in [-0.15, -0.1) is 11.3 Å². The van der Waals surface area contributed by atoms with Gasteiger partial charge in [0.2, 0.25) is 0 Å². The molecule has 1 aromatic heterocycles. The number of nitrogens with zero attached hydrogens (tertiary/aromatic N) is 1. The minimum atomic E-state index is -1.25. The number of hydrogen-bond acceptors (Lipinski definition) is 8. The lowest BCUT2D eigenvalue weighted by atomic mass is 10.0. The first-order chi connectivity index (χ1) is 17.2. The van der Waals surface area contributed by atoms with Crippen molar-refractivity contribution in [1.82, 2.24) is 10.2 Å². The third kappa shape index (κ3) is 8.45. The van der Waals surface area contributed by atoms with E-state index in [4.69, 9.17) is 25.8 Å². The summed E-state index contributed by atoms with van der Waals surface area (Å²) in [7, 11) is 0. The van der Waals surface area contributed by atoms with Gasteiger partial charge in [-0.25, -0.2) is 14.4 Å². The van der Waals surface area contributed by atoms with Crippen molar-refractivity contribution in [2.45, 2.75) is 77.8 Å². The zero-order valence-electron chi connectivity index (χ0n) is 22.1. The van der Waals surface area contributed by atoms with Gasteiger partial charge < -0.3 is 19.5 Å². The summed E-state index contributed by atoms with van der Waals surface area (Å²) < 4.78 is 16.4. The van der Waals surface area contributed by atoms with E-state index in [-0.39, 0.29) is 0 Å². The summed E-state index contributed by atoms with van der Waals surface area (Å²) in [6, 6.07) is 7.15. The van der Waals surface area contributed by atoms with Crippen LogP contribution in [0, 0.1) is 0 Å². The van der Waals surface area contributed by atoms with Crippen molar-refractivity contribution in [2.75, 3.05) is 13.2 Å². The van der Waals surface area contributed by atoms with E-state index in [0.29, 0.717) is 23.7 Å². The maximum atomic E-state index is 13.6. The molecule has 0 saturated carbocycles. The van der Waals surface area contributed by atoms with E-state index in [1.807, 2.05) is 16.3 Å². The second kappa shape index (κ2) is 11.8. The summed E-state index contributed by atoms with van der Waals surface area (Å²) in [5.74, 6) is -1.31. The predicted octanol–water partition coefficient (Wildman–Crippen LogP) is 5.28. The van der Waals surface area contributed by atoms with Crippen LogP contribution in [0.5, 0.6) is 0 Å². The van der Waals surface area contributed by atoms with Crippen molar-refractivity contribution < 1.29 is 28.6 Å². The van der Waals surface area contributed by atoms with Crippen LogP contribution in [0.4, 0.5) is 4.79 Å². The summed E-state index contributed by atoms with van der Waals surface area (Å²) in [5.41, 5.74) is 0.200. The maximum absolute atomic E-state index is 13.6. The second-order valence-electron chi connectivity index (χ2n) is 10.9. The molecular formula is C27H35ClN2O6S. The number of alkyl carbamates (subject to hydrolysis) is 1. The third-order valence-corrected chi connectivity index (χ3v) is 6.77. The lowest BCUT2D eigenvalue weighted by molar-refractivity contribution is -0.162. The molecule has 8 nitrogen and oxygen atoms in total. The number of esters is 2. The number of ether oxygens (including phenoxy) is 3. The smallest absolute Gasteiger partial charge is 0.408 e. The number of benzene rings is 1. The van der Waals surface area contributed by atoms with E-state index in [1.165, 1.54) is 10.4 Å². The number of carbonyl (C=O) groups is 3. The molecule has 2 heterocycles.